The maximum absolute atomic E-state index is 10.8. The van der Waals surface area contributed by atoms with Crippen molar-refractivity contribution in [3.63, 3.8) is 0 Å². The van der Waals surface area contributed by atoms with Crippen LogP contribution in [0, 0.1) is 0 Å². The average molecular weight is 179 g/mol. The fraction of sp³-hybridized carbons (Fsp3) is 0.857. The summed E-state index contributed by atoms with van der Waals surface area (Å²) in [7, 11) is 0. The lowest BCUT2D eigenvalue weighted by Gasteiger charge is -2.21. The smallest absolute Gasteiger partial charge is 0.150 e. The number of carbonyl (C=O) groups is 1. The van der Waals surface area contributed by atoms with E-state index in [1.807, 2.05) is 0 Å². The highest BCUT2D eigenvalue weighted by Gasteiger charge is 2.16. The van der Waals surface area contributed by atoms with Crippen molar-refractivity contribution >= 4 is 17.4 Å². The fourth-order valence-corrected chi connectivity index (χ4v) is 1.07. The molecule has 1 fully saturated rings. The molecule has 0 aromatic carbocycles. The van der Waals surface area contributed by atoms with Gasteiger partial charge in [0.1, 0.15) is 5.78 Å². The van der Waals surface area contributed by atoms with Gasteiger partial charge >= 0.3 is 0 Å². The van der Waals surface area contributed by atoms with Gasteiger partial charge in [-0.1, -0.05) is 0 Å². The Balaban J connectivity index is 2.19. The lowest BCUT2D eigenvalue weighted by atomic mass is 10.2. The molecule has 1 saturated heterocycles. The van der Waals surface area contributed by atoms with Crippen LogP contribution in [0.3, 0.4) is 0 Å². The molecule has 1 rings (SSSR count). The molecule has 64 valence electrons. The Morgan fingerprint density at radius 3 is 2.91 bits per heavy atom. The lowest BCUT2D eigenvalue weighted by Crippen LogP contribution is -2.30. The monoisotopic (exact) mass is 178 g/mol. The molecule has 3 nitrogen and oxygen atoms in total. The Labute approximate surface area is 70.6 Å². The number of ether oxygens (including phenoxy) is 2. The normalized spacial score (nSPS) is 25.0. The third kappa shape index (κ3) is 3.18. The van der Waals surface area contributed by atoms with Crippen molar-refractivity contribution in [2.24, 2.45) is 0 Å². The van der Waals surface area contributed by atoms with Crippen molar-refractivity contribution in [1.29, 1.82) is 0 Å². The molecule has 1 heterocycles. The van der Waals surface area contributed by atoms with Crippen LogP contribution in [0.4, 0.5) is 0 Å². The van der Waals surface area contributed by atoms with Gasteiger partial charge in [-0.25, -0.2) is 0 Å². The number of rotatable bonds is 3. The van der Waals surface area contributed by atoms with Crippen LogP contribution in [0.2, 0.25) is 0 Å². The summed E-state index contributed by atoms with van der Waals surface area (Å²) in [4.78, 5) is 10.8. The third-order valence-corrected chi connectivity index (χ3v) is 1.79. The Morgan fingerprint density at radius 1 is 1.55 bits per heavy atom. The minimum atomic E-state index is -0.0741. The molecule has 0 saturated carbocycles. The molecule has 0 bridgehead atoms. The highest BCUT2D eigenvalue weighted by Crippen LogP contribution is 2.05. The number of Topliss-reactive ketones (excluding diaryl/α,β-unsaturated/α-hetero) is 1. The summed E-state index contributed by atoms with van der Waals surface area (Å²) >= 11 is 5.33. The zero-order valence-electron chi connectivity index (χ0n) is 6.22. The molecule has 0 aromatic rings. The van der Waals surface area contributed by atoms with Gasteiger partial charge in [0, 0.05) is 6.42 Å². The first kappa shape index (κ1) is 8.97. The molecule has 0 aromatic heterocycles. The van der Waals surface area contributed by atoms with Gasteiger partial charge in [0.25, 0.3) is 0 Å². The zero-order valence-corrected chi connectivity index (χ0v) is 6.97. The van der Waals surface area contributed by atoms with Crippen molar-refractivity contribution < 1.29 is 14.3 Å². The van der Waals surface area contributed by atoms with Gasteiger partial charge in [-0.3, -0.25) is 4.79 Å². The molecule has 0 amide bonds. The van der Waals surface area contributed by atoms with Crippen molar-refractivity contribution in [2.75, 3.05) is 25.7 Å². The summed E-state index contributed by atoms with van der Waals surface area (Å²) in [6.07, 6.45) is 0.304. The van der Waals surface area contributed by atoms with E-state index in [2.05, 4.69) is 0 Å². The van der Waals surface area contributed by atoms with E-state index in [-0.39, 0.29) is 17.8 Å². The SMILES string of the molecule is O=C(CCl)CC1COCCO1. The number of halogens is 1. The fourth-order valence-electron chi connectivity index (χ4n) is 0.963. The predicted octanol–water partition coefficient (Wildman–Crippen LogP) is 0.600. The van der Waals surface area contributed by atoms with Crippen molar-refractivity contribution in [3.05, 3.63) is 0 Å². The Hall–Kier alpha value is -0.120. The molecule has 0 aliphatic carbocycles. The van der Waals surface area contributed by atoms with E-state index in [1.165, 1.54) is 0 Å². The molecule has 1 aliphatic rings. The second kappa shape index (κ2) is 4.70. The van der Waals surface area contributed by atoms with E-state index in [9.17, 15) is 4.79 Å². The lowest BCUT2D eigenvalue weighted by molar-refractivity contribution is -0.127. The van der Waals surface area contributed by atoms with Crippen molar-refractivity contribution in [3.8, 4) is 0 Å². The summed E-state index contributed by atoms with van der Waals surface area (Å²) in [5.41, 5.74) is 0. The second-order valence-corrected chi connectivity index (χ2v) is 2.71. The Kier molecular flexibility index (Phi) is 3.83. The molecule has 0 N–H and O–H groups in total. The van der Waals surface area contributed by atoms with Crippen LogP contribution in [-0.4, -0.2) is 37.6 Å². The first-order chi connectivity index (χ1) is 5.33. The Bertz CT molecular complexity index is 132. The van der Waals surface area contributed by atoms with Crippen molar-refractivity contribution in [2.45, 2.75) is 12.5 Å². The third-order valence-electron chi connectivity index (χ3n) is 1.49. The van der Waals surface area contributed by atoms with E-state index >= 15 is 0 Å². The van der Waals surface area contributed by atoms with Crippen molar-refractivity contribution in [1.82, 2.24) is 0 Å². The molecule has 1 aliphatic heterocycles. The second-order valence-electron chi connectivity index (χ2n) is 2.44. The number of carbonyl (C=O) groups excluding carboxylic acids is 1. The number of hydrogen-bond acceptors (Lipinski definition) is 3. The first-order valence-corrected chi connectivity index (χ1v) is 4.13. The van der Waals surface area contributed by atoms with Crippen LogP contribution in [0.5, 0.6) is 0 Å². The maximum Gasteiger partial charge on any atom is 0.150 e. The largest absolute Gasteiger partial charge is 0.376 e. The zero-order chi connectivity index (χ0) is 8.10. The summed E-state index contributed by atoms with van der Waals surface area (Å²) < 4.78 is 10.4. The number of ketones is 1. The molecule has 1 atom stereocenters. The van der Waals surface area contributed by atoms with Gasteiger partial charge in [-0.2, -0.15) is 0 Å². The van der Waals surface area contributed by atoms with Gasteiger partial charge in [-0.05, 0) is 0 Å². The van der Waals surface area contributed by atoms with Crippen LogP contribution < -0.4 is 0 Å². The minimum absolute atomic E-state index is 0.0159. The first-order valence-electron chi connectivity index (χ1n) is 3.60. The Morgan fingerprint density at radius 2 is 2.36 bits per heavy atom. The van der Waals surface area contributed by atoms with Crippen LogP contribution in [0.25, 0.3) is 0 Å². The molecular weight excluding hydrogens is 168 g/mol. The topological polar surface area (TPSA) is 35.5 Å². The van der Waals surface area contributed by atoms with Crippen LogP contribution in [0.15, 0.2) is 0 Å². The van der Waals surface area contributed by atoms with Crippen LogP contribution in [0.1, 0.15) is 6.42 Å². The van der Waals surface area contributed by atoms with Crippen LogP contribution in [-0.2, 0) is 14.3 Å². The van der Waals surface area contributed by atoms with E-state index in [4.69, 9.17) is 21.1 Å². The number of alkyl halides is 1. The molecule has 0 radical (unpaired) electrons. The summed E-state index contributed by atoms with van der Waals surface area (Å²) in [5.74, 6) is 0.0852. The molecule has 4 heteroatoms. The highest BCUT2D eigenvalue weighted by molar-refractivity contribution is 6.27. The average Bonchev–Trinajstić information content (AvgIpc) is 2.06. The van der Waals surface area contributed by atoms with Gasteiger partial charge in [0.05, 0.1) is 31.8 Å². The van der Waals surface area contributed by atoms with Gasteiger partial charge in [-0.15, -0.1) is 11.6 Å². The molecule has 0 spiro atoms. The molecule has 11 heavy (non-hydrogen) atoms. The van der Waals surface area contributed by atoms with Gasteiger partial charge < -0.3 is 9.47 Å². The summed E-state index contributed by atoms with van der Waals surface area (Å²) in [6.45, 7) is 1.73. The van der Waals surface area contributed by atoms with Gasteiger partial charge in [0.15, 0.2) is 0 Å². The maximum atomic E-state index is 10.8. The van der Waals surface area contributed by atoms with E-state index < -0.39 is 0 Å². The summed E-state index contributed by atoms with van der Waals surface area (Å²) in [5, 5.41) is 0. The summed E-state index contributed by atoms with van der Waals surface area (Å²) in [6, 6.07) is 0. The van der Waals surface area contributed by atoms with E-state index in [0.29, 0.717) is 26.2 Å². The molecule has 1 unspecified atom stereocenters. The number of hydrogen-bond donors (Lipinski definition) is 0. The quantitative estimate of drug-likeness (QED) is 0.594. The predicted molar refractivity (Wildman–Crippen MR) is 40.9 cm³/mol. The molecular formula is C7H11ClO3. The van der Waals surface area contributed by atoms with Gasteiger partial charge in [0.2, 0.25) is 0 Å². The van der Waals surface area contributed by atoms with Crippen LogP contribution >= 0.6 is 11.6 Å². The minimum Gasteiger partial charge on any atom is -0.376 e. The standard InChI is InChI=1S/C7H11ClO3/c8-4-6(9)3-7-5-10-1-2-11-7/h7H,1-5H2. The van der Waals surface area contributed by atoms with E-state index in [0.717, 1.165) is 0 Å². The van der Waals surface area contributed by atoms with E-state index in [1.54, 1.807) is 0 Å². The highest BCUT2D eigenvalue weighted by atomic mass is 35.5.